The molecule has 0 heterocycles. The number of hydrogen-bond donors (Lipinski definition) is 1. The van der Waals surface area contributed by atoms with Crippen LogP contribution in [0.1, 0.15) is 19.8 Å². The van der Waals surface area contributed by atoms with Crippen LogP contribution in [0.25, 0.3) is 0 Å². The van der Waals surface area contributed by atoms with Gasteiger partial charge in [0.15, 0.2) is 9.84 Å². The van der Waals surface area contributed by atoms with Gasteiger partial charge >= 0.3 is 0 Å². The lowest BCUT2D eigenvalue weighted by atomic mass is 10.2. The van der Waals surface area contributed by atoms with E-state index in [1.165, 1.54) is 18.2 Å². The van der Waals surface area contributed by atoms with Crippen LogP contribution in [0.4, 0.5) is 0 Å². The fraction of sp³-hybridized carbons (Fsp3) is 0.500. The Morgan fingerprint density at radius 3 is 2.50 bits per heavy atom. The molecule has 0 bridgehead atoms. The topological polar surface area (TPSA) is 46.2 Å². The summed E-state index contributed by atoms with van der Waals surface area (Å²) in [5.74, 6) is 0.122. The molecule has 1 aromatic rings. The minimum atomic E-state index is -3.27. The second-order valence-electron chi connectivity index (χ2n) is 4.23. The molecule has 0 radical (unpaired) electrons. The van der Waals surface area contributed by atoms with E-state index in [-0.39, 0.29) is 15.7 Å². The average molecular weight is 310 g/mol. The van der Waals surface area contributed by atoms with Crippen LogP contribution >= 0.6 is 23.2 Å². The molecule has 1 unspecified atom stereocenters. The first kappa shape index (κ1) is 15.8. The Labute approximate surface area is 118 Å². The molecule has 0 saturated carbocycles. The van der Waals surface area contributed by atoms with E-state index in [9.17, 15) is 8.42 Å². The van der Waals surface area contributed by atoms with Gasteiger partial charge in [-0.2, -0.15) is 0 Å². The zero-order valence-corrected chi connectivity index (χ0v) is 12.7. The lowest BCUT2D eigenvalue weighted by Crippen LogP contribution is -2.22. The van der Waals surface area contributed by atoms with Crippen LogP contribution in [-0.2, 0) is 9.84 Å². The van der Waals surface area contributed by atoms with Crippen molar-refractivity contribution in [2.24, 2.45) is 0 Å². The van der Waals surface area contributed by atoms with Gasteiger partial charge in [0.2, 0.25) is 0 Å². The molecular weight excluding hydrogens is 293 g/mol. The summed E-state index contributed by atoms with van der Waals surface area (Å²) in [5, 5.41) is 3.70. The van der Waals surface area contributed by atoms with Gasteiger partial charge in [-0.15, -0.1) is 0 Å². The van der Waals surface area contributed by atoms with Crippen molar-refractivity contribution < 1.29 is 8.42 Å². The highest BCUT2D eigenvalue weighted by Crippen LogP contribution is 2.25. The minimum Gasteiger partial charge on any atom is -0.317 e. The smallest absolute Gasteiger partial charge is 0.178 e. The predicted octanol–water partition coefficient (Wildman–Crippen LogP) is 3.16. The summed E-state index contributed by atoms with van der Waals surface area (Å²) < 4.78 is 24.1. The standard InChI is InChI=1S/C12H17Cl2NO2S/c1-9(15-2)4-3-7-18(16,17)10-5-6-11(13)12(14)8-10/h5-6,8-9,15H,3-4,7H2,1-2H3. The van der Waals surface area contributed by atoms with Crippen molar-refractivity contribution in [1.82, 2.24) is 5.32 Å². The molecule has 0 aliphatic heterocycles. The van der Waals surface area contributed by atoms with Crippen LogP contribution in [-0.4, -0.2) is 27.3 Å². The number of sulfone groups is 1. The average Bonchev–Trinajstić information content (AvgIpc) is 2.32. The van der Waals surface area contributed by atoms with Gasteiger partial charge in [0.25, 0.3) is 0 Å². The van der Waals surface area contributed by atoms with E-state index >= 15 is 0 Å². The molecule has 0 saturated heterocycles. The second-order valence-corrected chi connectivity index (χ2v) is 7.15. The molecule has 0 fully saturated rings. The Morgan fingerprint density at radius 1 is 1.28 bits per heavy atom. The predicted molar refractivity (Wildman–Crippen MR) is 76.3 cm³/mol. The molecule has 18 heavy (non-hydrogen) atoms. The van der Waals surface area contributed by atoms with E-state index in [1.54, 1.807) is 0 Å². The van der Waals surface area contributed by atoms with Crippen molar-refractivity contribution in [2.45, 2.75) is 30.7 Å². The van der Waals surface area contributed by atoms with E-state index < -0.39 is 9.84 Å². The third kappa shape index (κ3) is 4.43. The summed E-state index contributed by atoms with van der Waals surface area (Å²) in [7, 11) is -1.42. The maximum atomic E-state index is 12.0. The highest BCUT2D eigenvalue weighted by Gasteiger charge is 2.15. The number of hydrogen-bond acceptors (Lipinski definition) is 3. The molecule has 0 aromatic heterocycles. The Hall–Kier alpha value is -0.290. The molecular formula is C12H17Cl2NO2S. The zero-order valence-electron chi connectivity index (χ0n) is 10.4. The Bertz CT molecular complexity index is 503. The number of nitrogens with one attached hydrogen (secondary N) is 1. The summed E-state index contributed by atoms with van der Waals surface area (Å²) in [4.78, 5) is 0.231. The fourth-order valence-electron chi connectivity index (χ4n) is 1.51. The molecule has 0 aliphatic carbocycles. The number of rotatable bonds is 6. The summed E-state index contributed by atoms with van der Waals surface area (Å²) in [6.45, 7) is 2.02. The molecule has 6 heteroatoms. The van der Waals surface area contributed by atoms with Gasteiger partial charge in [-0.05, 0) is 45.0 Å². The maximum Gasteiger partial charge on any atom is 0.178 e. The zero-order chi connectivity index (χ0) is 13.8. The van der Waals surface area contributed by atoms with E-state index in [0.717, 1.165) is 6.42 Å². The molecule has 1 aromatic carbocycles. The lowest BCUT2D eigenvalue weighted by molar-refractivity contribution is 0.548. The highest BCUT2D eigenvalue weighted by molar-refractivity contribution is 7.91. The van der Waals surface area contributed by atoms with Crippen molar-refractivity contribution in [2.75, 3.05) is 12.8 Å². The van der Waals surface area contributed by atoms with Gasteiger partial charge in [-0.3, -0.25) is 0 Å². The Morgan fingerprint density at radius 2 is 1.94 bits per heavy atom. The molecule has 102 valence electrons. The summed E-state index contributed by atoms with van der Waals surface area (Å²) in [5.41, 5.74) is 0. The fourth-order valence-corrected chi connectivity index (χ4v) is 3.23. The van der Waals surface area contributed by atoms with Gasteiger partial charge in [-0.1, -0.05) is 23.2 Å². The van der Waals surface area contributed by atoms with Crippen LogP contribution in [0, 0.1) is 0 Å². The lowest BCUT2D eigenvalue weighted by Gasteiger charge is -2.10. The SMILES string of the molecule is CNC(C)CCCS(=O)(=O)c1ccc(Cl)c(Cl)c1. The number of halogens is 2. The minimum absolute atomic E-state index is 0.122. The molecule has 1 rings (SSSR count). The molecule has 1 N–H and O–H groups in total. The van der Waals surface area contributed by atoms with Crippen LogP contribution in [0.5, 0.6) is 0 Å². The van der Waals surface area contributed by atoms with Crippen LogP contribution in [0.2, 0.25) is 10.0 Å². The molecule has 0 spiro atoms. The van der Waals surface area contributed by atoms with Crippen LogP contribution < -0.4 is 5.32 Å². The summed E-state index contributed by atoms with van der Waals surface area (Å²) in [6.07, 6.45) is 1.43. The van der Waals surface area contributed by atoms with Gasteiger partial charge in [0, 0.05) is 6.04 Å². The van der Waals surface area contributed by atoms with E-state index in [1.807, 2.05) is 14.0 Å². The number of benzene rings is 1. The third-order valence-electron chi connectivity index (χ3n) is 2.79. The molecule has 0 amide bonds. The highest BCUT2D eigenvalue weighted by atomic mass is 35.5. The van der Waals surface area contributed by atoms with Crippen LogP contribution in [0.15, 0.2) is 23.1 Å². The van der Waals surface area contributed by atoms with E-state index in [0.29, 0.717) is 17.5 Å². The van der Waals surface area contributed by atoms with Gasteiger partial charge in [-0.25, -0.2) is 8.42 Å². The second kappa shape index (κ2) is 6.75. The largest absolute Gasteiger partial charge is 0.317 e. The Kier molecular flexibility index (Phi) is 5.92. The van der Waals surface area contributed by atoms with Gasteiger partial charge in [0.1, 0.15) is 0 Å². The van der Waals surface area contributed by atoms with Gasteiger partial charge < -0.3 is 5.32 Å². The maximum absolute atomic E-state index is 12.0. The van der Waals surface area contributed by atoms with Crippen molar-refractivity contribution in [3.8, 4) is 0 Å². The normalized spacial score (nSPS) is 13.6. The Balaban J connectivity index is 2.71. The summed E-state index contributed by atoms with van der Waals surface area (Å²) in [6, 6.07) is 4.72. The van der Waals surface area contributed by atoms with Crippen molar-refractivity contribution in [3.05, 3.63) is 28.2 Å². The van der Waals surface area contributed by atoms with E-state index in [2.05, 4.69) is 5.32 Å². The van der Waals surface area contributed by atoms with Crippen molar-refractivity contribution in [1.29, 1.82) is 0 Å². The molecule has 1 atom stereocenters. The van der Waals surface area contributed by atoms with Crippen LogP contribution in [0.3, 0.4) is 0 Å². The van der Waals surface area contributed by atoms with Crippen molar-refractivity contribution in [3.63, 3.8) is 0 Å². The first-order valence-corrected chi connectivity index (χ1v) is 8.12. The quantitative estimate of drug-likeness (QED) is 0.878. The first-order valence-electron chi connectivity index (χ1n) is 5.72. The third-order valence-corrected chi connectivity index (χ3v) is 5.33. The van der Waals surface area contributed by atoms with Gasteiger partial charge in [0.05, 0.1) is 20.7 Å². The molecule has 0 aliphatic rings. The van der Waals surface area contributed by atoms with Crippen molar-refractivity contribution >= 4 is 33.0 Å². The van der Waals surface area contributed by atoms with E-state index in [4.69, 9.17) is 23.2 Å². The summed E-state index contributed by atoms with van der Waals surface area (Å²) >= 11 is 11.6. The first-order chi connectivity index (χ1) is 8.36. The molecule has 3 nitrogen and oxygen atoms in total. The monoisotopic (exact) mass is 309 g/mol.